The Morgan fingerprint density at radius 2 is 1.80 bits per heavy atom. The first-order valence-corrected chi connectivity index (χ1v) is 9.72. The van der Waals surface area contributed by atoms with E-state index in [9.17, 15) is 4.79 Å². The molecule has 0 aliphatic carbocycles. The molecule has 1 aromatic heterocycles. The molecule has 0 aliphatic heterocycles. The van der Waals surface area contributed by atoms with E-state index < -0.39 is 0 Å². The zero-order valence-electron chi connectivity index (χ0n) is 19.0. The number of carbonyl (C=O) groups excluding carboxylic acids is 1. The van der Waals surface area contributed by atoms with Crippen LogP contribution in [0.5, 0.6) is 5.75 Å². The Morgan fingerprint density at radius 1 is 1.17 bits per heavy atom. The molecule has 2 aromatic rings. The molecule has 0 saturated carbocycles. The maximum absolute atomic E-state index is 11.8. The van der Waals surface area contributed by atoms with Gasteiger partial charge in [-0.25, -0.2) is 0 Å². The average Bonchev–Trinajstić information content (AvgIpc) is 2.98. The third-order valence-electron chi connectivity index (χ3n) is 4.97. The van der Waals surface area contributed by atoms with E-state index in [1.54, 1.807) is 33.2 Å². The Labute approximate surface area is 197 Å². The number of hydrogen-bond donors (Lipinski definition) is 1. The zero-order chi connectivity index (χ0) is 21.6. The number of amides is 1. The Hall–Kier alpha value is -2.23. The van der Waals surface area contributed by atoms with Crippen LogP contribution in [0.25, 0.3) is 5.69 Å². The fourth-order valence-corrected chi connectivity index (χ4v) is 3.34. The highest BCUT2D eigenvalue weighted by Crippen LogP contribution is 2.23. The second-order valence-corrected chi connectivity index (χ2v) is 7.30. The smallest absolute Gasteiger partial charge is 0.223 e. The molecule has 1 amide bonds. The first-order chi connectivity index (χ1) is 13.8. The van der Waals surface area contributed by atoms with E-state index in [0.29, 0.717) is 13.0 Å². The van der Waals surface area contributed by atoms with Crippen LogP contribution >= 0.6 is 24.0 Å². The number of nitrogens with zero attached hydrogens (tertiary/aromatic N) is 4. The van der Waals surface area contributed by atoms with Gasteiger partial charge in [0, 0.05) is 64.8 Å². The molecule has 0 aliphatic rings. The number of aromatic nitrogens is 1. The Bertz CT molecular complexity index is 859. The van der Waals surface area contributed by atoms with E-state index in [1.165, 1.54) is 17.0 Å². The molecule has 7 nitrogen and oxygen atoms in total. The topological polar surface area (TPSA) is 62.1 Å². The van der Waals surface area contributed by atoms with Crippen LogP contribution in [0.2, 0.25) is 0 Å². The third kappa shape index (κ3) is 6.38. The highest BCUT2D eigenvalue weighted by Gasteiger charge is 2.14. The van der Waals surface area contributed by atoms with E-state index in [0.717, 1.165) is 23.9 Å². The molecule has 0 radical (unpaired) electrons. The molecule has 166 valence electrons. The van der Waals surface area contributed by atoms with Gasteiger partial charge in [-0.15, -0.1) is 24.0 Å². The van der Waals surface area contributed by atoms with Gasteiger partial charge in [0.05, 0.1) is 7.11 Å². The first-order valence-electron chi connectivity index (χ1n) is 9.72. The van der Waals surface area contributed by atoms with Crippen LogP contribution in [0.15, 0.2) is 35.3 Å². The highest BCUT2D eigenvalue weighted by atomic mass is 127. The summed E-state index contributed by atoms with van der Waals surface area (Å²) in [6, 6.07) is 10.3. The number of carbonyl (C=O) groups is 1. The summed E-state index contributed by atoms with van der Waals surface area (Å²) in [5.74, 6) is 1.71. The fraction of sp³-hybridized carbons (Fsp3) is 0.455. The molecule has 1 heterocycles. The van der Waals surface area contributed by atoms with Crippen molar-refractivity contribution in [2.75, 3.05) is 41.8 Å². The lowest BCUT2D eigenvalue weighted by Gasteiger charge is -2.22. The number of nitrogens with one attached hydrogen (secondary N) is 1. The molecule has 0 spiro atoms. The summed E-state index contributed by atoms with van der Waals surface area (Å²) in [5, 5.41) is 3.27. The van der Waals surface area contributed by atoms with Gasteiger partial charge < -0.3 is 24.4 Å². The summed E-state index contributed by atoms with van der Waals surface area (Å²) in [5.41, 5.74) is 4.71. The van der Waals surface area contributed by atoms with Crippen LogP contribution in [0.1, 0.15) is 23.4 Å². The van der Waals surface area contributed by atoms with Crippen LogP contribution in [-0.4, -0.2) is 68.1 Å². The number of benzene rings is 1. The summed E-state index contributed by atoms with van der Waals surface area (Å²) in [6.07, 6.45) is 0.436. The SMILES string of the molecule is CN=C(NCCC(=O)N(C)C)N(C)Cc1cc(C)n(-c2ccc(OC)cc2)c1C.I. The zero-order valence-corrected chi connectivity index (χ0v) is 21.4. The van der Waals surface area contributed by atoms with Gasteiger partial charge in [-0.2, -0.15) is 0 Å². The van der Waals surface area contributed by atoms with Gasteiger partial charge in [0.25, 0.3) is 0 Å². The largest absolute Gasteiger partial charge is 0.497 e. The highest BCUT2D eigenvalue weighted by molar-refractivity contribution is 14.0. The lowest BCUT2D eigenvalue weighted by molar-refractivity contribution is -0.128. The summed E-state index contributed by atoms with van der Waals surface area (Å²) in [4.78, 5) is 19.8. The Kier molecular flexibility index (Phi) is 10.2. The normalized spacial score (nSPS) is 11.0. The average molecular weight is 527 g/mol. The number of ether oxygens (including phenoxy) is 1. The monoisotopic (exact) mass is 527 g/mol. The van der Waals surface area contributed by atoms with Gasteiger partial charge >= 0.3 is 0 Å². The van der Waals surface area contributed by atoms with Crippen molar-refractivity contribution in [2.24, 2.45) is 4.99 Å². The second kappa shape index (κ2) is 11.8. The van der Waals surface area contributed by atoms with E-state index in [2.05, 4.69) is 51.8 Å². The van der Waals surface area contributed by atoms with Crippen molar-refractivity contribution in [1.29, 1.82) is 0 Å². The molecular weight excluding hydrogens is 493 g/mol. The second-order valence-electron chi connectivity index (χ2n) is 7.30. The van der Waals surface area contributed by atoms with Crippen LogP contribution in [0.3, 0.4) is 0 Å². The van der Waals surface area contributed by atoms with Crippen molar-refractivity contribution < 1.29 is 9.53 Å². The van der Waals surface area contributed by atoms with Gasteiger partial charge in [0.15, 0.2) is 5.96 Å². The predicted molar refractivity (Wildman–Crippen MR) is 133 cm³/mol. The number of hydrogen-bond acceptors (Lipinski definition) is 3. The molecule has 30 heavy (non-hydrogen) atoms. The Balaban J connectivity index is 0.00000450. The Morgan fingerprint density at radius 3 is 2.33 bits per heavy atom. The lowest BCUT2D eigenvalue weighted by Crippen LogP contribution is -2.40. The van der Waals surface area contributed by atoms with E-state index in [1.807, 2.05) is 19.2 Å². The summed E-state index contributed by atoms with van der Waals surface area (Å²) in [6.45, 7) is 5.52. The maximum atomic E-state index is 11.8. The molecular formula is C22H34IN5O2. The van der Waals surface area contributed by atoms with E-state index in [4.69, 9.17) is 4.74 Å². The molecule has 0 fully saturated rings. The third-order valence-corrected chi connectivity index (χ3v) is 4.97. The van der Waals surface area contributed by atoms with Crippen LogP contribution in [0, 0.1) is 13.8 Å². The lowest BCUT2D eigenvalue weighted by atomic mass is 10.2. The fourth-order valence-electron chi connectivity index (χ4n) is 3.34. The number of rotatable bonds is 7. The quantitative estimate of drug-likeness (QED) is 0.342. The molecule has 0 bridgehead atoms. The number of guanidine groups is 1. The molecule has 1 N–H and O–H groups in total. The van der Waals surface area contributed by atoms with Crippen LogP contribution < -0.4 is 10.1 Å². The molecule has 2 rings (SSSR count). The number of halogens is 1. The van der Waals surface area contributed by atoms with Gasteiger partial charge in [0.1, 0.15) is 5.75 Å². The van der Waals surface area contributed by atoms with Gasteiger partial charge in [-0.1, -0.05) is 0 Å². The minimum atomic E-state index is 0. The van der Waals surface area contributed by atoms with Gasteiger partial charge in [-0.05, 0) is 49.7 Å². The van der Waals surface area contributed by atoms with Crippen molar-refractivity contribution in [3.05, 3.63) is 47.3 Å². The standard InChI is InChI=1S/C22H33N5O2.HI/c1-16-14-18(17(2)27(16)19-8-10-20(29-7)11-9-19)15-26(6)22(23-3)24-13-12-21(28)25(4)5;/h8-11,14H,12-13,15H2,1-7H3,(H,23,24);1H. The molecule has 0 unspecified atom stereocenters. The van der Waals surface area contributed by atoms with Crippen LogP contribution in [0.4, 0.5) is 0 Å². The predicted octanol–water partition coefficient (Wildman–Crippen LogP) is 3.21. The van der Waals surface area contributed by atoms with Crippen molar-refractivity contribution in [3.63, 3.8) is 0 Å². The van der Waals surface area contributed by atoms with Gasteiger partial charge in [-0.3, -0.25) is 9.79 Å². The van der Waals surface area contributed by atoms with Gasteiger partial charge in [0.2, 0.25) is 5.91 Å². The number of methoxy groups -OCH3 is 1. The first kappa shape index (κ1) is 25.8. The summed E-state index contributed by atoms with van der Waals surface area (Å²) < 4.78 is 7.51. The van der Waals surface area contributed by atoms with E-state index in [-0.39, 0.29) is 29.9 Å². The van der Waals surface area contributed by atoms with E-state index >= 15 is 0 Å². The van der Waals surface area contributed by atoms with Crippen molar-refractivity contribution in [2.45, 2.75) is 26.8 Å². The minimum absolute atomic E-state index is 0. The minimum Gasteiger partial charge on any atom is -0.497 e. The number of aryl methyl sites for hydroxylation is 1. The molecule has 1 aromatic carbocycles. The molecule has 0 saturated heterocycles. The van der Waals surface area contributed by atoms with Crippen LogP contribution in [-0.2, 0) is 11.3 Å². The van der Waals surface area contributed by atoms with Crippen molar-refractivity contribution in [3.8, 4) is 11.4 Å². The van der Waals surface area contributed by atoms with Crippen molar-refractivity contribution >= 4 is 35.8 Å². The number of aliphatic imine (C=N–C) groups is 1. The molecule has 8 heteroatoms. The molecule has 0 atom stereocenters. The summed E-state index contributed by atoms with van der Waals surface area (Å²) in [7, 11) is 8.96. The maximum Gasteiger partial charge on any atom is 0.223 e. The summed E-state index contributed by atoms with van der Waals surface area (Å²) >= 11 is 0. The van der Waals surface area contributed by atoms with Crippen molar-refractivity contribution in [1.82, 2.24) is 19.7 Å².